The molecule has 4 heteroatoms. The van der Waals surface area contributed by atoms with Crippen molar-refractivity contribution in [1.29, 1.82) is 0 Å². The molecule has 0 aromatic heterocycles. The molecule has 1 rings (SSSR count). The average Bonchev–Trinajstić information content (AvgIpc) is 2.38. The molecule has 1 unspecified atom stereocenters. The summed E-state index contributed by atoms with van der Waals surface area (Å²) < 4.78 is 0. The van der Waals surface area contributed by atoms with Crippen LogP contribution in [0.5, 0.6) is 0 Å². The first kappa shape index (κ1) is 14.7. The second-order valence-electron chi connectivity index (χ2n) is 4.63. The summed E-state index contributed by atoms with van der Waals surface area (Å²) in [6.07, 6.45) is 0. The highest BCUT2D eigenvalue weighted by molar-refractivity contribution is 5.77. The van der Waals surface area contributed by atoms with Crippen molar-refractivity contribution in [2.24, 2.45) is 5.73 Å². The first-order valence-corrected chi connectivity index (χ1v) is 6.27. The number of amides is 1. The lowest BCUT2D eigenvalue weighted by Crippen LogP contribution is -2.40. The monoisotopic (exact) mass is 249 g/mol. The van der Waals surface area contributed by atoms with Crippen molar-refractivity contribution in [3.8, 4) is 0 Å². The van der Waals surface area contributed by atoms with E-state index in [9.17, 15) is 4.79 Å². The summed E-state index contributed by atoms with van der Waals surface area (Å²) in [4.78, 5) is 15.4. The molecule has 4 nitrogen and oxygen atoms in total. The van der Waals surface area contributed by atoms with Crippen molar-refractivity contribution < 1.29 is 4.79 Å². The van der Waals surface area contributed by atoms with Crippen LogP contribution in [0.15, 0.2) is 30.3 Å². The first-order valence-electron chi connectivity index (χ1n) is 6.27. The van der Waals surface area contributed by atoms with E-state index < -0.39 is 0 Å². The minimum Gasteiger partial charge on any atom is -0.348 e. The molecule has 2 N–H and O–H groups in total. The Morgan fingerprint density at radius 1 is 1.28 bits per heavy atom. The second kappa shape index (κ2) is 7.13. The number of carbonyl (C=O) groups is 1. The van der Waals surface area contributed by atoms with Gasteiger partial charge in [0.25, 0.3) is 0 Å². The van der Waals surface area contributed by atoms with Gasteiger partial charge in [-0.2, -0.15) is 0 Å². The molecule has 1 aromatic carbocycles. The van der Waals surface area contributed by atoms with Gasteiger partial charge in [0.2, 0.25) is 5.91 Å². The SMILES string of the molecule is CCN(CC(=O)N(C)C)CC(N)c1ccccc1. The molecule has 0 aliphatic carbocycles. The number of nitrogens with two attached hydrogens (primary N) is 1. The molecule has 0 saturated carbocycles. The van der Waals surface area contributed by atoms with Crippen molar-refractivity contribution in [3.63, 3.8) is 0 Å². The standard InChI is InChI=1S/C14H23N3O/c1-4-17(11-14(18)16(2)3)10-13(15)12-8-6-5-7-9-12/h5-9,13H,4,10-11,15H2,1-3H3. The number of benzene rings is 1. The Labute approximate surface area is 109 Å². The van der Waals surface area contributed by atoms with Gasteiger partial charge in [-0.1, -0.05) is 37.3 Å². The van der Waals surface area contributed by atoms with Gasteiger partial charge in [0, 0.05) is 26.7 Å². The second-order valence-corrected chi connectivity index (χ2v) is 4.63. The average molecular weight is 249 g/mol. The van der Waals surface area contributed by atoms with E-state index in [1.165, 1.54) is 0 Å². The van der Waals surface area contributed by atoms with Crippen molar-refractivity contribution >= 4 is 5.91 Å². The van der Waals surface area contributed by atoms with Crippen LogP contribution in [0.4, 0.5) is 0 Å². The normalized spacial score (nSPS) is 12.5. The maximum Gasteiger partial charge on any atom is 0.236 e. The molecule has 0 bridgehead atoms. The van der Waals surface area contributed by atoms with Crippen LogP contribution >= 0.6 is 0 Å². The highest BCUT2D eigenvalue weighted by Gasteiger charge is 2.14. The molecule has 1 aromatic rings. The van der Waals surface area contributed by atoms with E-state index in [1.54, 1.807) is 19.0 Å². The molecule has 0 spiro atoms. The lowest BCUT2D eigenvalue weighted by molar-refractivity contribution is -0.129. The Morgan fingerprint density at radius 2 is 1.89 bits per heavy atom. The van der Waals surface area contributed by atoms with Crippen LogP contribution in [0.1, 0.15) is 18.5 Å². The van der Waals surface area contributed by atoms with Crippen LogP contribution in [-0.4, -0.2) is 49.4 Å². The fraction of sp³-hybridized carbons (Fsp3) is 0.500. The van der Waals surface area contributed by atoms with E-state index in [0.29, 0.717) is 13.1 Å². The quantitative estimate of drug-likeness (QED) is 0.821. The molecule has 0 saturated heterocycles. The van der Waals surface area contributed by atoms with Crippen LogP contribution in [-0.2, 0) is 4.79 Å². The van der Waals surface area contributed by atoms with Crippen molar-refractivity contribution in [1.82, 2.24) is 9.80 Å². The van der Waals surface area contributed by atoms with E-state index in [2.05, 4.69) is 4.90 Å². The van der Waals surface area contributed by atoms with Gasteiger partial charge < -0.3 is 10.6 Å². The Morgan fingerprint density at radius 3 is 2.39 bits per heavy atom. The summed E-state index contributed by atoms with van der Waals surface area (Å²) in [5.41, 5.74) is 7.26. The molecule has 18 heavy (non-hydrogen) atoms. The zero-order chi connectivity index (χ0) is 13.5. The zero-order valence-corrected chi connectivity index (χ0v) is 11.5. The third-order valence-electron chi connectivity index (χ3n) is 2.99. The summed E-state index contributed by atoms with van der Waals surface area (Å²) in [5.74, 6) is 0.108. The molecule has 0 radical (unpaired) electrons. The van der Waals surface area contributed by atoms with Crippen LogP contribution in [0.25, 0.3) is 0 Å². The highest BCUT2D eigenvalue weighted by atomic mass is 16.2. The molecule has 1 atom stereocenters. The van der Waals surface area contributed by atoms with E-state index >= 15 is 0 Å². The minimum absolute atomic E-state index is 0.0545. The van der Waals surface area contributed by atoms with Gasteiger partial charge in [0.05, 0.1) is 6.54 Å². The van der Waals surface area contributed by atoms with Crippen LogP contribution < -0.4 is 5.73 Å². The summed E-state index contributed by atoms with van der Waals surface area (Å²) in [5, 5.41) is 0. The summed E-state index contributed by atoms with van der Waals surface area (Å²) in [7, 11) is 3.54. The van der Waals surface area contributed by atoms with E-state index in [1.807, 2.05) is 37.3 Å². The topological polar surface area (TPSA) is 49.6 Å². The Bertz CT molecular complexity index is 365. The largest absolute Gasteiger partial charge is 0.348 e. The molecule has 1 amide bonds. The van der Waals surface area contributed by atoms with E-state index in [4.69, 9.17) is 5.73 Å². The van der Waals surface area contributed by atoms with Gasteiger partial charge in [-0.05, 0) is 12.1 Å². The molecular formula is C14H23N3O. The van der Waals surface area contributed by atoms with Gasteiger partial charge in [0.15, 0.2) is 0 Å². The van der Waals surface area contributed by atoms with Crippen molar-refractivity contribution in [2.45, 2.75) is 13.0 Å². The smallest absolute Gasteiger partial charge is 0.236 e. The third kappa shape index (κ3) is 4.47. The third-order valence-corrected chi connectivity index (χ3v) is 2.99. The molecule has 0 fully saturated rings. The van der Waals surface area contributed by atoms with Crippen LogP contribution in [0.3, 0.4) is 0 Å². The van der Waals surface area contributed by atoms with Gasteiger partial charge >= 0.3 is 0 Å². The fourth-order valence-electron chi connectivity index (χ4n) is 1.72. The van der Waals surface area contributed by atoms with Gasteiger partial charge in [-0.25, -0.2) is 0 Å². The Kier molecular flexibility index (Phi) is 5.82. The minimum atomic E-state index is -0.0545. The molecular weight excluding hydrogens is 226 g/mol. The van der Waals surface area contributed by atoms with Gasteiger partial charge in [-0.3, -0.25) is 9.69 Å². The van der Waals surface area contributed by atoms with Gasteiger partial charge in [-0.15, -0.1) is 0 Å². The maximum absolute atomic E-state index is 11.7. The van der Waals surface area contributed by atoms with E-state index in [-0.39, 0.29) is 11.9 Å². The van der Waals surface area contributed by atoms with Crippen molar-refractivity contribution in [3.05, 3.63) is 35.9 Å². The summed E-state index contributed by atoms with van der Waals surface area (Å²) in [6, 6.07) is 9.93. The molecule has 100 valence electrons. The number of nitrogens with zero attached hydrogens (tertiary/aromatic N) is 2. The number of hydrogen-bond donors (Lipinski definition) is 1. The fourth-order valence-corrected chi connectivity index (χ4v) is 1.72. The first-order chi connectivity index (χ1) is 8.54. The van der Waals surface area contributed by atoms with Crippen LogP contribution in [0.2, 0.25) is 0 Å². The number of hydrogen-bond acceptors (Lipinski definition) is 3. The molecule has 0 aliphatic rings. The molecule has 0 heterocycles. The Hall–Kier alpha value is -1.39. The predicted octanol–water partition coefficient (Wildman–Crippen LogP) is 1.10. The molecule has 0 aliphatic heterocycles. The lowest BCUT2D eigenvalue weighted by Gasteiger charge is -2.25. The van der Waals surface area contributed by atoms with Crippen molar-refractivity contribution in [2.75, 3.05) is 33.7 Å². The lowest BCUT2D eigenvalue weighted by atomic mass is 10.1. The van der Waals surface area contributed by atoms with Gasteiger partial charge in [0.1, 0.15) is 0 Å². The highest BCUT2D eigenvalue weighted by Crippen LogP contribution is 2.11. The Balaban J connectivity index is 2.55. The number of likely N-dealkylation sites (N-methyl/N-ethyl adjacent to an activating group) is 2. The zero-order valence-electron chi connectivity index (χ0n) is 11.5. The number of carbonyl (C=O) groups excluding carboxylic acids is 1. The van der Waals surface area contributed by atoms with E-state index in [0.717, 1.165) is 12.1 Å². The summed E-state index contributed by atoms with van der Waals surface area (Å²) >= 11 is 0. The summed E-state index contributed by atoms with van der Waals surface area (Å²) in [6.45, 7) is 3.98. The predicted molar refractivity (Wildman–Crippen MR) is 74.2 cm³/mol. The number of rotatable bonds is 6. The van der Waals surface area contributed by atoms with Crippen LogP contribution in [0, 0.1) is 0 Å². The maximum atomic E-state index is 11.7.